The topological polar surface area (TPSA) is 15.3 Å². The van der Waals surface area contributed by atoms with Crippen molar-refractivity contribution < 1.29 is 4.39 Å². The number of hydrogen-bond donors (Lipinski definition) is 1. The molecule has 1 atom stereocenters. The molecule has 0 aromatic heterocycles. The molecule has 0 bridgehead atoms. The molecule has 2 rings (SSSR count). The highest BCUT2D eigenvalue weighted by Gasteiger charge is 2.21. The van der Waals surface area contributed by atoms with Crippen LogP contribution < -0.4 is 5.32 Å². The van der Waals surface area contributed by atoms with Crippen molar-refractivity contribution in [2.45, 2.75) is 19.0 Å². The van der Waals surface area contributed by atoms with E-state index < -0.39 is 0 Å². The normalized spacial score (nSPS) is 21.6. The number of nitrogens with zero attached hydrogens (tertiary/aromatic N) is 1. The van der Waals surface area contributed by atoms with Crippen LogP contribution in [-0.4, -0.2) is 31.1 Å². The number of nitrogens with one attached hydrogen (secondary N) is 1. The van der Waals surface area contributed by atoms with Gasteiger partial charge in [-0.2, -0.15) is 0 Å². The Hall–Kier alpha value is -0.450. The molecule has 2 nitrogen and oxygen atoms in total. The monoisotopic (exact) mass is 286 g/mol. The van der Waals surface area contributed by atoms with Crippen LogP contribution >= 0.6 is 15.9 Å². The van der Waals surface area contributed by atoms with E-state index in [1.165, 1.54) is 12.5 Å². The summed E-state index contributed by atoms with van der Waals surface area (Å²) in [4.78, 5) is 2.35. The summed E-state index contributed by atoms with van der Waals surface area (Å²) >= 11 is 3.30. The van der Waals surface area contributed by atoms with Gasteiger partial charge in [-0.3, -0.25) is 4.90 Å². The molecule has 1 saturated heterocycles. The fraction of sp³-hybridized carbons (Fsp3) is 0.500. The first-order valence-electron chi connectivity index (χ1n) is 5.53. The summed E-state index contributed by atoms with van der Waals surface area (Å²) < 4.78 is 13.9. The third-order valence-corrected chi connectivity index (χ3v) is 3.99. The average Bonchev–Trinajstić information content (AvgIpc) is 2.73. The zero-order valence-corrected chi connectivity index (χ0v) is 10.9. The van der Waals surface area contributed by atoms with Gasteiger partial charge < -0.3 is 5.32 Å². The second-order valence-corrected chi connectivity index (χ2v) is 5.02. The van der Waals surface area contributed by atoms with Gasteiger partial charge in [0.25, 0.3) is 0 Å². The molecule has 1 aromatic rings. The molecule has 1 aromatic carbocycles. The van der Waals surface area contributed by atoms with Crippen LogP contribution in [0, 0.1) is 5.82 Å². The molecule has 1 fully saturated rings. The summed E-state index contributed by atoms with van der Waals surface area (Å²) in [6.45, 7) is 2.93. The number of hydrogen-bond acceptors (Lipinski definition) is 2. The van der Waals surface area contributed by atoms with Gasteiger partial charge in [-0.05, 0) is 41.0 Å². The minimum atomic E-state index is -0.179. The molecule has 1 unspecified atom stereocenters. The molecular formula is C12H16BrFN2. The Morgan fingerprint density at radius 1 is 1.56 bits per heavy atom. The maximum Gasteiger partial charge on any atom is 0.137 e. The first-order chi connectivity index (χ1) is 7.70. The van der Waals surface area contributed by atoms with E-state index in [9.17, 15) is 4.39 Å². The van der Waals surface area contributed by atoms with E-state index in [0.717, 1.165) is 25.2 Å². The largest absolute Gasteiger partial charge is 0.316 e. The third kappa shape index (κ3) is 2.62. The van der Waals surface area contributed by atoms with Crippen molar-refractivity contribution in [1.29, 1.82) is 0 Å². The zero-order chi connectivity index (χ0) is 11.5. The summed E-state index contributed by atoms with van der Waals surface area (Å²) in [6.07, 6.45) is 1.17. The van der Waals surface area contributed by atoms with Gasteiger partial charge in [0.15, 0.2) is 0 Å². The minimum Gasteiger partial charge on any atom is -0.316 e. The zero-order valence-electron chi connectivity index (χ0n) is 9.34. The Kier molecular flexibility index (Phi) is 3.95. The first kappa shape index (κ1) is 12.0. The van der Waals surface area contributed by atoms with Crippen LogP contribution in [0.15, 0.2) is 22.7 Å². The fourth-order valence-corrected chi connectivity index (χ4v) is 2.51. The van der Waals surface area contributed by atoms with Crippen molar-refractivity contribution in [3.05, 3.63) is 34.1 Å². The Bertz CT molecular complexity index is 370. The van der Waals surface area contributed by atoms with Crippen molar-refractivity contribution >= 4 is 15.9 Å². The summed E-state index contributed by atoms with van der Waals surface area (Å²) in [5, 5.41) is 3.28. The summed E-state index contributed by atoms with van der Waals surface area (Å²) in [6, 6.07) is 5.79. The maximum atomic E-state index is 13.3. The molecule has 1 heterocycles. The Morgan fingerprint density at radius 3 is 3.06 bits per heavy atom. The van der Waals surface area contributed by atoms with Gasteiger partial charge in [-0.25, -0.2) is 4.39 Å². The van der Waals surface area contributed by atoms with Gasteiger partial charge in [0, 0.05) is 25.7 Å². The van der Waals surface area contributed by atoms with Gasteiger partial charge in [-0.1, -0.05) is 12.1 Å². The van der Waals surface area contributed by atoms with Crippen LogP contribution in [0.5, 0.6) is 0 Å². The van der Waals surface area contributed by atoms with E-state index >= 15 is 0 Å². The number of likely N-dealkylation sites (tertiary alicyclic amines) is 1. The van der Waals surface area contributed by atoms with E-state index in [4.69, 9.17) is 0 Å². The van der Waals surface area contributed by atoms with E-state index in [2.05, 4.69) is 26.1 Å². The summed E-state index contributed by atoms with van der Waals surface area (Å²) in [5.41, 5.74) is 1.02. The van der Waals surface area contributed by atoms with Crippen LogP contribution in [0.2, 0.25) is 0 Å². The molecular weight excluding hydrogens is 271 g/mol. The highest BCUT2D eigenvalue weighted by Crippen LogP contribution is 2.23. The van der Waals surface area contributed by atoms with E-state index in [1.54, 1.807) is 6.07 Å². The molecule has 16 heavy (non-hydrogen) atoms. The minimum absolute atomic E-state index is 0.179. The van der Waals surface area contributed by atoms with Crippen LogP contribution in [0.1, 0.15) is 12.0 Å². The van der Waals surface area contributed by atoms with Crippen molar-refractivity contribution in [2.24, 2.45) is 0 Å². The molecule has 0 aliphatic carbocycles. The van der Waals surface area contributed by atoms with Crippen molar-refractivity contribution in [3.63, 3.8) is 0 Å². The van der Waals surface area contributed by atoms with Crippen LogP contribution in [-0.2, 0) is 6.54 Å². The Labute approximate surface area is 104 Å². The second kappa shape index (κ2) is 5.25. The smallest absolute Gasteiger partial charge is 0.137 e. The molecule has 4 heteroatoms. The third-order valence-electron chi connectivity index (χ3n) is 3.11. The van der Waals surface area contributed by atoms with Crippen molar-refractivity contribution in [3.8, 4) is 0 Å². The predicted octanol–water partition coefficient (Wildman–Crippen LogP) is 2.38. The number of halogens is 2. The van der Waals surface area contributed by atoms with Crippen molar-refractivity contribution in [2.75, 3.05) is 20.1 Å². The molecule has 88 valence electrons. The fourth-order valence-electron chi connectivity index (χ4n) is 2.12. The van der Waals surface area contributed by atoms with E-state index in [1.807, 2.05) is 13.1 Å². The molecule has 1 aliphatic heterocycles. The van der Waals surface area contributed by atoms with E-state index in [-0.39, 0.29) is 5.82 Å². The van der Waals surface area contributed by atoms with Gasteiger partial charge in [0.2, 0.25) is 0 Å². The lowest BCUT2D eigenvalue weighted by Crippen LogP contribution is -2.29. The molecule has 0 radical (unpaired) electrons. The maximum absolute atomic E-state index is 13.3. The summed E-state index contributed by atoms with van der Waals surface area (Å²) in [5.74, 6) is -0.179. The lowest BCUT2D eigenvalue weighted by molar-refractivity contribution is 0.321. The van der Waals surface area contributed by atoms with Gasteiger partial charge in [0.05, 0.1) is 4.47 Å². The number of benzene rings is 1. The van der Waals surface area contributed by atoms with Crippen LogP contribution in [0.4, 0.5) is 4.39 Å². The predicted molar refractivity (Wildman–Crippen MR) is 66.8 cm³/mol. The standard InChI is InChI=1S/C12H16BrFN2/c1-15-10-5-6-16(8-10)7-9-3-2-4-11(14)12(9)13/h2-4,10,15H,5-8H2,1H3. The summed E-state index contributed by atoms with van der Waals surface area (Å²) in [7, 11) is 1.99. The average molecular weight is 287 g/mol. The first-order valence-corrected chi connectivity index (χ1v) is 6.32. The number of likely N-dealkylation sites (N-methyl/N-ethyl adjacent to an activating group) is 1. The van der Waals surface area contributed by atoms with Gasteiger partial charge >= 0.3 is 0 Å². The molecule has 0 amide bonds. The molecule has 1 aliphatic rings. The van der Waals surface area contributed by atoms with Gasteiger partial charge in [0.1, 0.15) is 5.82 Å². The lowest BCUT2D eigenvalue weighted by atomic mass is 10.2. The van der Waals surface area contributed by atoms with Crippen molar-refractivity contribution in [1.82, 2.24) is 10.2 Å². The highest BCUT2D eigenvalue weighted by atomic mass is 79.9. The Balaban J connectivity index is 2.02. The molecule has 1 N–H and O–H groups in total. The SMILES string of the molecule is CNC1CCN(Cc2cccc(F)c2Br)C1. The Morgan fingerprint density at radius 2 is 2.38 bits per heavy atom. The quantitative estimate of drug-likeness (QED) is 0.918. The van der Waals surface area contributed by atoms with Crippen LogP contribution in [0.25, 0.3) is 0 Å². The highest BCUT2D eigenvalue weighted by molar-refractivity contribution is 9.10. The molecule has 0 saturated carbocycles. The number of rotatable bonds is 3. The lowest BCUT2D eigenvalue weighted by Gasteiger charge is -2.17. The van der Waals surface area contributed by atoms with Gasteiger partial charge in [-0.15, -0.1) is 0 Å². The molecule has 0 spiro atoms. The van der Waals surface area contributed by atoms with E-state index in [0.29, 0.717) is 10.5 Å². The van der Waals surface area contributed by atoms with Crippen LogP contribution in [0.3, 0.4) is 0 Å². The second-order valence-electron chi connectivity index (χ2n) is 4.22.